The van der Waals surface area contributed by atoms with Crippen LogP contribution in [0, 0.1) is 0 Å². The van der Waals surface area contributed by atoms with E-state index in [0.29, 0.717) is 25.1 Å². The monoisotopic (exact) mass is 334 g/mol. The minimum absolute atomic E-state index is 0.0407. The number of hydrogen-bond acceptors (Lipinski definition) is 3. The Kier molecular flexibility index (Phi) is 3.72. The summed E-state index contributed by atoms with van der Waals surface area (Å²) in [7, 11) is 0. The maximum absolute atomic E-state index is 12.8. The van der Waals surface area contributed by atoms with Crippen molar-refractivity contribution in [2.45, 2.75) is 19.9 Å². The summed E-state index contributed by atoms with van der Waals surface area (Å²) in [5, 5.41) is 4.03. The van der Waals surface area contributed by atoms with Crippen LogP contribution in [0.25, 0.3) is 10.9 Å². The van der Waals surface area contributed by atoms with Crippen LogP contribution in [0.3, 0.4) is 0 Å². The highest BCUT2D eigenvalue weighted by Crippen LogP contribution is 2.25. The van der Waals surface area contributed by atoms with Crippen molar-refractivity contribution in [2.75, 3.05) is 11.9 Å². The van der Waals surface area contributed by atoms with Gasteiger partial charge in [-0.15, -0.1) is 0 Å². The third-order valence-corrected chi connectivity index (χ3v) is 4.67. The summed E-state index contributed by atoms with van der Waals surface area (Å²) >= 11 is 0. The number of carbonyl (C=O) groups excluding carboxylic acids is 2. The zero-order chi connectivity index (χ0) is 17.4. The second-order valence-corrected chi connectivity index (χ2v) is 6.22. The van der Waals surface area contributed by atoms with Crippen LogP contribution in [0.4, 0.5) is 5.69 Å². The average molecular weight is 334 g/mol. The fourth-order valence-corrected chi connectivity index (χ4v) is 3.34. The number of pyridine rings is 1. The first-order valence-corrected chi connectivity index (χ1v) is 8.22. The number of aromatic nitrogens is 2. The Balaban J connectivity index is 1.64. The molecule has 1 aliphatic heterocycles. The largest absolute Gasteiger partial charge is 0.359 e. The summed E-state index contributed by atoms with van der Waals surface area (Å²) in [4.78, 5) is 33.5. The van der Waals surface area contributed by atoms with Gasteiger partial charge in [0.05, 0.1) is 16.8 Å². The van der Waals surface area contributed by atoms with Gasteiger partial charge in [0.1, 0.15) is 0 Å². The zero-order valence-electron chi connectivity index (χ0n) is 13.9. The molecule has 0 saturated heterocycles. The molecule has 0 aliphatic carbocycles. The Bertz CT molecular complexity index is 976. The lowest BCUT2D eigenvalue weighted by Gasteiger charge is -2.28. The van der Waals surface area contributed by atoms with Crippen LogP contribution < -0.4 is 5.32 Å². The van der Waals surface area contributed by atoms with Gasteiger partial charge in [0.2, 0.25) is 5.91 Å². The minimum Gasteiger partial charge on any atom is -0.359 e. The van der Waals surface area contributed by atoms with E-state index in [1.165, 1.54) is 0 Å². The van der Waals surface area contributed by atoms with Gasteiger partial charge in [0, 0.05) is 44.0 Å². The van der Waals surface area contributed by atoms with E-state index < -0.39 is 0 Å². The number of anilines is 1. The third kappa shape index (κ3) is 2.76. The number of rotatable bonds is 2. The normalized spacial score (nSPS) is 13.6. The molecule has 25 heavy (non-hydrogen) atoms. The van der Waals surface area contributed by atoms with Crippen molar-refractivity contribution in [3.8, 4) is 0 Å². The lowest BCUT2D eigenvalue weighted by atomic mass is 9.96. The van der Waals surface area contributed by atoms with Crippen molar-refractivity contribution in [1.82, 2.24) is 14.9 Å². The quantitative estimate of drug-likeness (QED) is 0.756. The number of amides is 2. The summed E-state index contributed by atoms with van der Waals surface area (Å²) in [6, 6.07) is 7.74. The molecule has 3 aromatic rings. The van der Waals surface area contributed by atoms with E-state index in [-0.39, 0.29) is 11.8 Å². The molecule has 0 spiro atoms. The fourth-order valence-electron chi connectivity index (χ4n) is 3.34. The van der Waals surface area contributed by atoms with Gasteiger partial charge < -0.3 is 15.2 Å². The molecule has 126 valence electrons. The number of fused-ring (bicyclic) bond motifs is 2. The van der Waals surface area contributed by atoms with Crippen LogP contribution in [-0.2, 0) is 17.8 Å². The molecule has 0 saturated carbocycles. The van der Waals surface area contributed by atoms with E-state index in [1.807, 2.05) is 30.5 Å². The molecular formula is C19H18N4O2. The predicted octanol–water partition coefficient (Wildman–Crippen LogP) is 2.72. The third-order valence-electron chi connectivity index (χ3n) is 4.67. The van der Waals surface area contributed by atoms with Gasteiger partial charge in [0.25, 0.3) is 5.91 Å². The zero-order valence-corrected chi connectivity index (χ0v) is 13.9. The molecule has 4 rings (SSSR count). The number of hydrogen-bond donors (Lipinski definition) is 2. The molecule has 2 amide bonds. The van der Waals surface area contributed by atoms with Gasteiger partial charge in [-0.05, 0) is 29.7 Å². The SMILES string of the molecule is CC(=O)N1CCc2c(cncc2C(=O)Nc2cccc3cc[nH]c23)C1. The van der Waals surface area contributed by atoms with Crippen molar-refractivity contribution < 1.29 is 9.59 Å². The maximum Gasteiger partial charge on any atom is 0.257 e. The maximum atomic E-state index is 12.8. The molecule has 0 unspecified atom stereocenters. The van der Waals surface area contributed by atoms with Gasteiger partial charge in [0.15, 0.2) is 0 Å². The van der Waals surface area contributed by atoms with Crippen molar-refractivity contribution >= 4 is 28.4 Å². The van der Waals surface area contributed by atoms with Gasteiger partial charge in [-0.3, -0.25) is 14.6 Å². The van der Waals surface area contributed by atoms with Crippen LogP contribution in [0.15, 0.2) is 42.9 Å². The summed E-state index contributed by atoms with van der Waals surface area (Å²) < 4.78 is 0. The van der Waals surface area contributed by atoms with Gasteiger partial charge >= 0.3 is 0 Å². The fraction of sp³-hybridized carbons (Fsp3) is 0.211. The molecule has 6 nitrogen and oxygen atoms in total. The van der Waals surface area contributed by atoms with Crippen molar-refractivity contribution in [1.29, 1.82) is 0 Å². The van der Waals surface area contributed by atoms with Crippen LogP contribution in [0.1, 0.15) is 28.4 Å². The first-order chi connectivity index (χ1) is 12.1. The van der Waals surface area contributed by atoms with Crippen LogP contribution >= 0.6 is 0 Å². The van der Waals surface area contributed by atoms with Crippen LogP contribution in [-0.4, -0.2) is 33.2 Å². The second kappa shape index (κ2) is 6.05. The Morgan fingerprint density at radius 1 is 1.24 bits per heavy atom. The number of carbonyl (C=O) groups is 2. The smallest absolute Gasteiger partial charge is 0.257 e. The second-order valence-electron chi connectivity index (χ2n) is 6.22. The number of nitrogens with zero attached hydrogens (tertiary/aromatic N) is 2. The minimum atomic E-state index is -0.178. The first-order valence-electron chi connectivity index (χ1n) is 8.22. The summed E-state index contributed by atoms with van der Waals surface area (Å²) in [6.07, 6.45) is 5.86. The predicted molar refractivity (Wildman–Crippen MR) is 95.3 cm³/mol. The number of para-hydroxylation sites is 1. The standard InChI is InChI=1S/C19H18N4O2/c1-12(24)23-8-6-15-14(11-23)9-20-10-16(15)19(25)22-17-4-2-3-13-5-7-21-18(13)17/h2-5,7,9-10,21H,6,8,11H2,1H3,(H,22,25). The number of nitrogens with one attached hydrogen (secondary N) is 2. The highest BCUT2D eigenvalue weighted by atomic mass is 16.2. The molecular weight excluding hydrogens is 316 g/mol. The molecule has 0 bridgehead atoms. The van der Waals surface area contributed by atoms with Crippen molar-refractivity contribution in [3.63, 3.8) is 0 Å². The Labute approximate surface area is 144 Å². The molecule has 2 aromatic heterocycles. The van der Waals surface area contributed by atoms with E-state index in [2.05, 4.69) is 15.3 Å². The molecule has 0 fully saturated rings. The van der Waals surface area contributed by atoms with Gasteiger partial charge in [-0.25, -0.2) is 0 Å². The Morgan fingerprint density at radius 3 is 2.96 bits per heavy atom. The lowest BCUT2D eigenvalue weighted by Crippen LogP contribution is -2.35. The highest BCUT2D eigenvalue weighted by Gasteiger charge is 2.23. The molecule has 3 heterocycles. The average Bonchev–Trinajstić information content (AvgIpc) is 3.10. The lowest BCUT2D eigenvalue weighted by molar-refractivity contribution is -0.129. The first kappa shape index (κ1) is 15.4. The van der Waals surface area contributed by atoms with Crippen LogP contribution in [0.2, 0.25) is 0 Å². The molecule has 0 atom stereocenters. The van der Waals surface area contributed by atoms with Crippen molar-refractivity contribution in [2.24, 2.45) is 0 Å². The van der Waals surface area contributed by atoms with Crippen LogP contribution in [0.5, 0.6) is 0 Å². The summed E-state index contributed by atoms with van der Waals surface area (Å²) in [6.45, 7) is 2.69. The van der Waals surface area contributed by atoms with Crippen molar-refractivity contribution in [3.05, 3.63) is 59.5 Å². The number of H-pyrrole nitrogens is 1. The number of aromatic amines is 1. The van der Waals surface area contributed by atoms with E-state index in [9.17, 15) is 9.59 Å². The summed E-state index contributed by atoms with van der Waals surface area (Å²) in [5.41, 5.74) is 4.13. The van der Waals surface area contributed by atoms with E-state index in [1.54, 1.807) is 24.2 Å². The van der Waals surface area contributed by atoms with Gasteiger partial charge in [-0.1, -0.05) is 12.1 Å². The number of benzene rings is 1. The van der Waals surface area contributed by atoms with E-state index >= 15 is 0 Å². The highest BCUT2D eigenvalue weighted by molar-refractivity contribution is 6.09. The Hall–Kier alpha value is -3.15. The van der Waals surface area contributed by atoms with E-state index in [0.717, 1.165) is 27.7 Å². The van der Waals surface area contributed by atoms with E-state index in [4.69, 9.17) is 0 Å². The summed E-state index contributed by atoms with van der Waals surface area (Å²) in [5.74, 6) is -0.137. The Morgan fingerprint density at radius 2 is 2.12 bits per heavy atom. The topological polar surface area (TPSA) is 78.1 Å². The molecule has 0 radical (unpaired) electrons. The molecule has 6 heteroatoms. The molecule has 1 aromatic carbocycles. The molecule has 1 aliphatic rings. The van der Waals surface area contributed by atoms with Gasteiger partial charge in [-0.2, -0.15) is 0 Å². The molecule has 2 N–H and O–H groups in total.